The van der Waals surface area contributed by atoms with Gasteiger partial charge in [0.25, 0.3) is 0 Å². The fourth-order valence-corrected chi connectivity index (χ4v) is 1.85. The molecule has 0 aliphatic rings. The molecule has 0 heterocycles. The normalized spacial score (nSPS) is 11.2. The van der Waals surface area contributed by atoms with E-state index in [0.29, 0.717) is 16.7 Å². The fourth-order valence-electron chi connectivity index (χ4n) is 1.85. The van der Waals surface area contributed by atoms with Crippen LogP contribution in [0.2, 0.25) is 0 Å². The summed E-state index contributed by atoms with van der Waals surface area (Å²) >= 11 is 0. The number of carbonyl (C=O) groups excluding carboxylic acids is 1. The van der Waals surface area contributed by atoms with Crippen LogP contribution in [-0.4, -0.2) is 16.9 Å². The number of hydrogen-bond donors (Lipinski definition) is 1. The summed E-state index contributed by atoms with van der Waals surface area (Å²) in [5.41, 5.74) is 1.74. The molecule has 0 bridgehead atoms. The number of rotatable bonds is 4. The first-order valence-electron chi connectivity index (χ1n) is 6.02. The predicted molar refractivity (Wildman–Crippen MR) is 72.4 cm³/mol. The number of carboxylic acids is 1. The van der Waals surface area contributed by atoms with Gasteiger partial charge in [-0.2, -0.15) is 0 Å². The first kappa shape index (κ1) is 16.3. The van der Waals surface area contributed by atoms with Gasteiger partial charge in [-0.15, -0.1) is 0 Å². The third kappa shape index (κ3) is 3.61. The van der Waals surface area contributed by atoms with Crippen LogP contribution in [0, 0.1) is 0 Å². The van der Waals surface area contributed by atoms with Crippen molar-refractivity contribution in [3.05, 3.63) is 71.3 Å². The van der Waals surface area contributed by atoms with Crippen molar-refractivity contribution in [1.82, 2.24) is 0 Å². The Labute approximate surface area is 130 Å². The second-order valence-electron chi connectivity index (χ2n) is 4.38. The molecule has 4 heteroatoms. The van der Waals surface area contributed by atoms with Crippen LogP contribution < -0.4 is 0 Å². The molecule has 0 radical (unpaired) electrons. The first-order valence-corrected chi connectivity index (χ1v) is 6.02. The van der Waals surface area contributed by atoms with Gasteiger partial charge in [-0.05, 0) is 18.6 Å². The zero-order chi connectivity index (χ0) is 13.8. The van der Waals surface area contributed by atoms with Gasteiger partial charge in [-0.1, -0.05) is 48.5 Å². The van der Waals surface area contributed by atoms with Crippen LogP contribution >= 0.6 is 0 Å². The average Bonchev–Trinajstić information content (AvgIpc) is 2.46. The van der Waals surface area contributed by atoms with Gasteiger partial charge in [0.1, 0.15) is 0 Å². The SMILES string of the molecule is CC(C(=O)O)c1cccc(C(=O)c2ccccc2)c1.[Zn]. The smallest absolute Gasteiger partial charge is 0.310 e. The van der Waals surface area contributed by atoms with Crippen molar-refractivity contribution in [3.63, 3.8) is 0 Å². The molecule has 0 fully saturated rings. The molecule has 0 aliphatic carbocycles. The van der Waals surface area contributed by atoms with Gasteiger partial charge in [0.15, 0.2) is 5.78 Å². The van der Waals surface area contributed by atoms with E-state index in [1.165, 1.54) is 0 Å². The molecule has 1 unspecified atom stereocenters. The summed E-state index contributed by atoms with van der Waals surface area (Å²) in [6.45, 7) is 1.61. The summed E-state index contributed by atoms with van der Waals surface area (Å²) in [6.07, 6.45) is 0. The van der Waals surface area contributed by atoms with E-state index < -0.39 is 11.9 Å². The van der Waals surface area contributed by atoms with Gasteiger partial charge in [-0.3, -0.25) is 9.59 Å². The van der Waals surface area contributed by atoms with E-state index in [-0.39, 0.29) is 25.3 Å². The Morgan fingerprint density at radius 1 is 0.950 bits per heavy atom. The molecule has 0 amide bonds. The molecule has 2 aromatic carbocycles. The molecule has 3 nitrogen and oxygen atoms in total. The standard InChI is InChI=1S/C16H14O3.Zn/c1-11(16(18)19)13-8-5-9-14(10-13)15(17)12-6-3-2-4-7-12;/h2-11H,1H3,(H,18,19);. The summed E-state index contributed by atoms with van der Waals surface area (Å²) in [5, 5.41) is 9.00. The third-order valence-corrected chi connectivity index (χ3v) is 3.06. The van der Waals surface area contributed by atoms with Gasteiger partial charge < -0.3 is 5.11 Å². The van der Waals surface area contributed by atoms with Crippen LogP contribution in [-0.2, 0) is 24.3 Å². The molecule has 0 saturated heterocycles. The molecular weight excluding hydrogens is 306 g/mol. The summed E-state index contributed by atoms with van der Waals surface area (Å²) in [5.74, 6) is -1.62. The maximum Gasteiger partial charge on any atom is 0.310 e. The van der Waals surface area contributed by atoms with Gasteiger partial charge in [0, 0.05) is 30.6 Å². The van der Waals surface area contributed by atoms with Crippen molar-refractivity contribution in [2.45, 2.75) is 12.8 Å². The molecule has 0 aromatic heterocycles. The minimum Gasteiger partial charge on any atom is -0.481 e. The second-order valence-corrected chi connectivity index (χ2v) is 4.38. The van der Waals surface area contributed by atoms with Crippen LogP contribution in [0.3, 0.4) is 0 Å². The Balaban J connectivity index is 0.00000200. The van der Waals surface area contributed by atoms with E-state index in [9.17, 15) is 9.59 Å². The van der Waals surface area contributed by atoms with E-state index in [4.69, 9.17) is 5.11 Å². The van der Waals surface area contributed by atoms with Crippen LogP contribution in [0.4, 0.5) is 0 Å². The van der Waals surface area contributed by atoms with E-state index >= 15 is 0 Å². The Kier molecular flexibility index (Phi) is 5.78. The molecule has 98 valence electrons. The number of carboxylic acid groups (broad SMARTS) is 1. The molecule has 2 rings (SSSR count). The Bertz CT molecular complexity index is 608. The van der Waals surface area contributed by atoms with Crippen LogP contribution in [0.5, 0.6) is 0 Å². The van der Waals surface area contributed by atoms with Crippen LogP contribution in [0.25, 0.3) is 0 Å². The van der Waals surface area contributed by atoms with E-state index in [1.54, 1.807) is 55.5 Å². The summed E-state index contributed by atoms with van der Waals surface area (Å²) in [4.78, 5) is 23.2. The monoisotopic (exact) mass is 318 g/mol. The van der Waals surface area contributed by atoms with Crippen LogP contribution in [0.1, 0.15) is 34.3 Å². The summed E-state index contributed by atoms with van der Waals surface area (Å²) in [6, 6.07) is 15.7. The van der Waals surface area contributed by atoms with Crippen molar-refractivity contribution in [2.75, 3.05) is 0 Å². The summed E-state index contributed by atoms with van der Waals surface area (Å²) in [7, 11) is 0. The average molecular weight is 320 g/mol. The second kappa shape index (κ2) is 7.11. The largest absolute Gasteiger partial charge is 0.481 e. The minimum absolute atomic E-state index is 0. The molecule has 0 aliphatic heterocycles. The van der Waals surface area contributed by atoms with E-state index in [1.807, 2.05) is 6.07 Å². The number of carbonyl (C=O) groups is 2. The van der Waals surface area contributed by atoms with Gasteiger partial charge in [-0.25, -0.2) is 0 Å². The van der Waals surface area contributed by atoms with Gasteiger partial charge in [0.05, 0.1) is 5.92 Å². The third-order valence-electron chi connectivity index (χ3n) is 3.06. The van der Waals surface area contributed by atoms with E-state index in [0.717, 1.165) is 0 Å². The molecule has 1 N–H and O–H groups in total. The van der Waals surface area contributed by atoms with E-state index in [2.05, 4.69) is 0 Å². The van der Waals surface area contributed by atoms with Gasteiger partial charge >= 0.3 is 5.97 Å². The van der Waals surface area contributed by atoms with Crippen molar-refractivity contribution < 1.29 is 34.2 Å². The Morgan fingerprint density at radius 3 is 2.15 bits per heavy atom. The quantitative estimate of drug-likeness (QED) is 0.696. The Morgan fingerprint density at radius 2 is 1.55 bits per heavy atom. The maximum absolute atomic E-state index is 12.2. The topological polar surface area (TPSA) is 54.4 Å². The van der Waals surface area contributed by atoms with Crippen molar-refractivity contribution in [2.24, 2.45) is 0 Å². The molecule has 1 atom stereocenters. The molecule has 20 heavy (non-hydrogen) atoms. The van der Waals surface area contributed by atoms with Crippen LogP contribution in [0.15, 0.2) is 54.6 Å². The number of ketones is 1. The molecule has 2 aromatic rings. The number of aliphatic carboxylic acids is 1. The summed E-state index contributed by atoms with van der Waals surface area (Å²) < 4.78 is 0. The first-order chi connectivity index (χ1) is 9.09. The zero-order valence-corrected chi connectivity index (χ0v) is 14.2. The molecule has 0 spiro atoms. The maximum atomic E-state index is 12.2. The number of benzene rings is 2. The van der Waals surface area contributed by atoms with Crippen molar-refractivity contribution in [3.8, 4) is 0 Å². The minimum atomic E-state index is -0.899. The molecular formula is C16H14O3Zn. The zero-order valence-electron chi connectivity index (χ0n) is 11.2. The van der Waals surface area contributed by atoms with Crippen molar-refractivity contribution >= 4 is 11.8 Å². The Hall–Kier alpha value is -1.80. The van der Waals surface area contributed by atoms with Crippen molar-refractivity contribution in [1.29, 1.82) is 0 Å². The fraction of sp³-hybridized carbons (Fsp3) is 0.125. The van der Waals surface area contributed by atoms with Gasteiger partial charge in [0.2, 0.25) is 0 Å². The number of hydrogen-bond acceptors (Lipinski definition) is 2. The predicted octanol–water partition coefficient (Wildman–Crippen LogP) is 3.10. The molecule has 0 saturated carbocycles.